The first-order chi connectivity index (χ1) is 9.80. The normalized spacial score (nSPS) is 15.1. The summed E-state index contributed by atoms with van der Waals surface area (Å²) < 4.78 is 16.6. The topological polar surface area (TPSA) is 134 Å². The average Bonchev–Trinajstić information content (AvgIpc) is 2.42. The van der Waals surface area contributed by atoms with E-state index in [0.717, 1.165) is 5.56 Å². The highest BCUT2D eigenvalue weighted by molar-refractivity contribution is 7.52. The minimum atomic E-state index is -4.12. The number of hydrogen-bond donors (Lipinski definition) is 3. The van der Waals surface area contributed by atoms with Gasteiger partial charge in [-0.25, -0.2) is 4.79 Å². The van der Waals surface area contributed by atoms with Crippen LogP contribution < -0.4 is 0 Å². The lowest BCUT2D eigenvalue weighted by molar-refractivity contribution is -0.146. The van der Waals surface area contributed by atoms with E-state index >= 15 is 0 Å². The van der Waals surface area contributed by atoms with E-state index in [-0.39, 0.29) is 19.0 Å². The molecule has 0 saturated carbocycles. The number of rotatable bonds is 9. The van der Waals surface area contributed by atoms with Gasteiger partial charge < -0.3 is 15.1 Å². The van der Waals surface area contributed by atoms with E-state index in [4.69, 9.17) is 14.7 Å². The Labute approximate surface area is 120 Å². The smallest absolute Gasteiger partial charge is 0.333 e. The van der Waals surface area contributed by atoms with Crippen molar-refractivity contribution in [2.75, 3.05) is 6.16 Å². The van der Waals surface area contributed by atoms with Crippen LogP contribution in [0.2, 0.25) is 0 Å². The number of aromatic nitrogens is 1. The van der Waals surface area contributed by atoms with E-state index in [2.05, 4.69) is 4.98 Å². The first kappa shape index (κ1) is 17.3. The number of carbonyl (C=O) groups is 2. The summed E-state index contributed by atoms with van der Waals surface area (Å²) in [4.78, 5) is 34.8. The molecular formula is C12H16NO7P. The van der Waals surface area contributed by atoms with Crippen LogP contribution in [0.25, 0.3) is 0 Å². The van der Waals surface area contributed by atoms with E-state index in [1.807, 2.05) is 0 Å². The lowest BCUT2D eigenvalue weighted by atomic mass is 10.2. The Bertz CT molecular complexity index is 534. The molecule has 1 heterocycles. The summed E-state index contributed by atoms with van der Waals surface area (Å²) in [7, 11) is -4.12. The molecule has 0 saturated heterocycles. The average molecular weight is 317 g/mol. The minimum Gasteiger partial charge on any atom is -0.481 e. The fourth-order valence-corrected chi connectivity index (χ4v) is 2.79. The molecule has 0 spiro atoms. The molecule has 0 aromatic carbocycles. The van der Waals surface area contributed by atoms with Gasteiger partial charge in [-0.05, 0) is 30.5 Å². The van der Waals surface area contributed by atoms with Gasteiger partial charge in [0.15, 0.2) is 6.10 Å². The molecule has 8 nitrogen and oxygen atoms in total. The van der Waals surface area contributed by atoms with Gasteiger partial charge in [-0.15, -0.1) is 0 Å². The van der Waals surface area contributed by atoms with Gasteiger partial charge in [0, 0.05) is 18.8 Å². The van der Waals surface area contributed by atoms with Gasteiger partial charge in [-0.2, -0.15) is 0 Å². The second-order valence-electron chi connectivity index (χ2n) is 4.33. The summed E-state index contributed by atoms with van der Waals surface area (Å²) in [5.74, 6) is -2.66. The van der Waals surface area contributed by atoms with Crippen molar-refractivity contribution in [2.24, 2.45) is 0 Å². The second-order valence-corrected chi connectivity index (χ2v) is 6.26. The highest BCUT2D eigenvalue weighted by Crippen LogP contribution is 2.44. The van der Waals surface area contributed by atoms with Crippen LogP contribution in [0.5, 0.6) is 0 Å². The molecule has 0 aliphatic carbocycles. The van der Waals surface area contributed by atoms with Gasteiger partial charge in [0.1, 0.15) is 0 Å². The first-order valence-electron chi connectivity index (χ1n) is 6.14. The van der Waals surface area contributed by atoms with E-state index in [1.165, 1.54) is 12.4 Å². The summed E-state index contributed by atoms with van der Waals surface area (Å²) in [6.45, 7) is 0. The molecule has 3 N–H and O–H groups in total. The Morgan fingerprint density at radius 1 is 1.29 bits per heavy atom. The molecule has 2 unspecified atom stereocenters. The molecule has 1 aromatic rings. The predicted molar refractivity (Wildman–Crippen MR) is 72.0 cm³/mol. The number of pyridine rings is 1. The van der Waals surface area contributed by atoms with Gasteiger partial charge in [0.05, 0.1) is 6.16 Å². The Balaban J connectivity index is 2.57. The molecule has 0 aliphatic rings. The van der Waals surface area contributed by atoms with Crippen LogP contribution in [-0.4, -0.2) is 44.3 Å². The van der Waals surface area contributed by atoms with Crippen molar-refractivity contribution in [3.05, 3.63) is 30.1 Å². The molecule has 0 aliphatic heterocycles. The van der Waals surface area contributed by atoms with Crippen molar-refractivity contribution >= 4 is 19.5 Å². The Morgan fingerprint density at radius 3 is 2.43 bits per heavy atom. The molecular weight excluding hydrogens is 301 g/mol. The van der Waals surface area contributed by atoms with Crippen LogP contribution in [-0.2, 0) is 25.1 Å². The third-order valence-corrected chi connectivity index (χ3v) is 3.99. The van der Waals surface area contributed by atoms with E-state index in [1.54, 1.807) is 12.1 Å². The monoisotopic (exact) mass is 317 g/mol. The SMILES string of the molecule is O=C(O)CCC(OP(=O)(O)CCc1ccncc1)C(=O)O. The number of carboxylic acid groups (broad SMARTS) is 2. The summed E-state index contributed by atoms with van der Waals surface area (Å²) in [5.41, 5.74) is 0.764. The third-order valence-electron chi connectivity index (χ3n) is 2.62. The lowest BCUT2D eigenvalue weighted by Crippen LogP contribution is -2.24. The molecule has 0 amide bonds. The van der Waals surface area contributed by atoms with Crippen LogP contribution in [0.3, 0.4) is 0 Å². The van der Waals surface area contributed by atoms with Crippen LogP contribution >= 0.6 is 7.60 Å². The summed E-state index contributed by atoms with van der Waals surface area (Å²) in [6, 6.07) is 3.33. The van der Waals surface area contributed by atoms with Crippen molar-refractivity contribution in [3.63, 3.8) is 0 Å². The molecule has 2 atom stereocenters. The summed E-state index contributed by atoms with van der Waals surface area (Å²) >= 11 is 0. The minimum absolute atomic E-state index is 0.224. The predicted octanol–water partition coefficient (Wildman–Crippen LogP) is 1.14. The van der Waals surface area contributed by atoms with Crippen molar-refractivity contribution in [2.45, 2.75) is 25.4 Å². The Hall–Kier alpha value is -1.76. The van der Waals surface area contributed by atoms with E-state index in [9.17, 15) is 19.0 Å². The highest BCUT2D eigenvalue weighted by atomic mass is 31.2. The molecule has 116 valence electrons. The van der Waals surface area contributed by atoms with E-state index < -0.39 is 32.1 Å². The van der Waals surface area contributed by atoms with Crippen molar-refractivity contribution in [3.8, 4) is 0 Å². The number of aliphatic carboxylic acids is 2. The van der Waals surface area contributed by atoms with Crippen LogP contribution in [0.15, 0.2) is 24.5 Å². The van der Waals surface area contributed by atoms with Crippen molar-refractivity contribution < 1.29 is 33.8 Å². The molecule has 1 aromatic heterocycles. The van der Waals surface area contributed by atoms with Gasteiger partial charge in [0.2, 0.25) is 0 Å². The van der Waals surface area contributed by atoms with Crippen molar-refractivity contribution in [1.82, 2.24) is 4.98 Å². The van der Waals surface area contributed by atoms with E-state index in [0.29, 0.717) is 0 Å². The molecule has 0 radical (unpaired) electrons. The Morgan fingerprint density at radius 2 is 1.90 bits per heavy atom. The van der Waals surface area contributed by atoms with Crippen molar-refractivity contribution in [1.29, 1.82) is 0 Å². The zero-order valence-corrected chi connectivity index (χ0v) is 12.0. The summed E-state index contributed by atoms with van der Waals surface area (Å²) in [5, 5.41) is 17.4. The number of nitrogens with zero attached hydrogens (tertiary/aromatic N) is 1. The quantitative estimate of drug-likeness (QED) is 0.577. The maximum absolute atomic E-state index is 11.9. The fraction of sp³-hybridized carbons (Fsp3) is 0.417. The van der Waals surface area contributed by atoms with Crippen LogP contribution in [0.1, 0.15) is 18.4 Å². The van der Waals surface area contributed by atoms with Crippen LogP contribution in [0, 0.1) is 0 Å². The molecule has 9 heteroatoms. The van der Waals surface area contributed by atoms with Gasteiger partial charge >= 0.3 is 19.5 Å². The zero-order chi connectivity index (χ0) is 15.9. The van der Waals surface area contributed by atoms with Gasteiger partial charge in [-0.3, -0.25) is 18.9 Å². The molecule has 21 heavy (non-hydrogen) atoms. The highest BCUT2D eigenvalue weighted by Gasteiger charge is 2.29. The maximum Gasteiger partial charge on any atom is 0.333 e. The summed E-state index contributed by atoms with van der Waals surface area (Å²) in [6.07, 6.45) is 0.590. The maximum atomic E-state index is 11.9. The lowest BCUT2D eigenvalue weighted by Gasteiger charge is -2.17. The van der Waals surface area contributed by atoms with Gasteiger partial charge in [-0.1, -0.05) is 0 Å². The third kappa shape index (κ3) is 6.99. The zero-order valence-electron chi connectivity index (χ0n) is 11.1. The molecule has 1 rings (SSSR count). The van der Waals surface area contributed by atoms with Crippen LogP contribution in [0.4, 0.5) is 0 Å². The number of hydrogen-bond acceptors (Lipinski definition) is 5. The number of carboxylic acids is 2. The fourth-order valence-electron chi connectivity index (χ4n) is 1.55. The standard InChI is InChI=1S/C12H16NO7P/c14-11(15)2-1-10(12(16)17)20-21(18,19)8-5-9-3-6-13-7-4-9/h3-4,6-7,10H,1-2,5,8H2,(H,14,15)(H,16,17)(H,18,19). The molecule has 0 bridgehead atoms. The largest absolute Gasteiger partial charge is 0.481 e. The van der Waals surface area contributed by atoms with Gasteiger partial charge in [0.25, 0.3) is 0 Å². The second kappa shape index (κ2) is 7.87. The molecule has 0 fully saturated rings. The number of aryl methyl sites for hydroxylation is 1. The first-order valence-corrected chi connectivity index (χ1v) is 7.90. The Kier molecular flexibility index (Phi) is 6.48.